The molecule has 0 aromatic carbocycles. The standard InChI is InChI=1S/C26H43NO4/c1-6-22(30-17(2)3)9-7-18(4)11-20-15-27(25-12-19(5)8-10-24(20)25)26-14-21(29)13-23(16-28)31-26/h6,15,17,19,21,23-26,28-29H,4,7-14,16H2,1-3,5H3/b22-6+/t19-,21-,23-,24-,25?,26+/m0/s1. The van der Waals surface area contributed by atoms with E-state index in [4.69, 9.17) is 9.47 Å². The van der Waals surface area contributed by atoms with E-state index in [2.05, 4.69) is 44.5 Å². The Morgan fingerprint density at radius 2 is 2.06 bits per heavy atom. The molecule has 3 rings (SSSR count). The summed E-state index contributed by atoms with van der Waals surface area (Å²) >= 11 is 0. The van der Waals surface area contributed by atoms with E-state index >= 15 is 0 Å². The van der Waals surface area contributed by atoms with Crippen molar-refractivity contribution in [1.82, 2.24) is 4.90 Å². The van der Waals surface area contributed by atoms with Gasteiger partial charge >= 0.3 is 0 Å². The highest BCUT2D eigenvalue weighted by molar-refractivity contribution is 5.24. The molecule has 0 radical (unpaired) electrons. The largest absolute Gasteiger partial charge is 0.496 e. The Hall–Kier alpha value is -1.30. The van der Waals surface area contributed by atoms with Crippen molar-refractivity contribution in [2.45, 2.75) is 110 Å². The molecule has 0 bridgehead atoms. The van der Waals surface area contributed by atoms with Gasteiger partial charge in [0.05, 0.1) is 30.7 Å². The summed E-state index contributed by atoms with van der Waals surface area (Å²) in [4.78, 5) is 2.37. The van der Waals surface area contributed by atoms with Crippen molar-refractivity contribution in [3.05, 3.63) is 35.8 Å². The number of aliphatic hydroxyl groups excluding tert-OH is 2. The smallest absolute Gasteiger partial charge is 0.132 e. The summed E-state index contributed by atoms with van der Waals surface area (Å²) in [5, 5.41) is 19.9. The van der Waals surface area contributed by atoms with Crippen molar-refractivity contribution in [3.63, 3.8) is 0 Å². The Bertz CT molecular complexity index is 670. The lowest BCUT2D eigenvalue weighted by atomic mass is 9.76. The Balaban J connectivity index is 1.67. The number of allylic oxidation sites excluding steroid dienone is 3. The van der Waals surface area contributed by atoms with Crippen LogP contribution in [0.4, 0.5) is 0 Å². The van der Waals surface area contributed by atoms with Gasteiger partial charge in [-0.05, 0) is 70.4 Å². The van der Waals surface area contributed by atoms with Crippen LogP contribution in [-0.4, -0.2) is 52.3 Å². The Morgan fingerprint density at radius 3 is 2.74 bits per heavy atom. The summed E-state index contributed by atoms with van der Waals surface area (Å²) in [6.45, 7) is 12.8. The first-order valence-electron chi connectivity index (χ1n) is 12.2. The molecule has 0 aromatic heterocycles. The number of hydrogen-bond acceptors (Lipinski definition) is 5. The van der Waals surface area contributed by atoms with Crippen LogP contribution in [0.1, 0.15) is 79.1 Å². The van der Waals surface area contributed by atoms with E-state index in [-0.39, 0.29) is 25.0 Å². The molecule has 2 heterocycles. The van der Waals surface area contributed by atoms with E-state index in [9.17, 15) is 10.2 Å². The normalized spacial score (nSPS) is 34.0. The van der Waals surface area contributed by atoms with Crippen LogP contribution in [0, 0.1) is 11.8 Å². The monoisotopic (exact) mass is 433 g/mol. The first kappa shape index (κ1) is 24.3. The lowest BCUT2D eigenvalue weighted by molar-refractivity contribution is -0.167. The minimum absolute atomic E-state index is 0.0367. The Morgan fingerprint density at radius 1 is 1.29 bits per heavy atom. The van der Waals surface area contributed by atoms with Gasteiger partial charge in [-0.15, -0.1) is 0 Å². The van der Waals surface area contributed by atoms with Crippen LogP contribution in [-0.2, 0) is 9.47 Å². The van der Waals surface area contributed by atoms with Crippen molar-refractivity contribution in [1.29, 1.82) is 0 Å². The van der Waals surface area contributed by atoms with Crippen molar-refractivity contribution in [3.8, 4) is 0 Å². The number of nitrogens with zero attached hydrogens (tertiary/aromatic N) is 1. The maximum atomic E-state index is 10.3. The van der Waals surface area contributed by atoms with Gasteiger partial charge in [-0.25, -0.2) is 0 Å². The third kappa shape index (κ3) is 6.36. The minimum atomic E-state index is -0.414. The zero-order chi connectivity index (χ0) is 22.5. The minimum Gasteiger partial charge on any atom is -0.496 e. The molecule has 3 aliphatic rings. The summed E-state index contributed by atoms with van der Waals surface area (Å²) in [5.41, 5.74) is 2.70. The molecule has 2 N–H and O–H groups in total. The predicted molar refractivity (Wildman–Crippen MR) is 124 cm³/mol. The van der Waals surface area contributed by atoms with Gasteiger partial charge in [0.25, 0.3) is 0 Å². The van der Waals surface area contributed by atoms with E-state index in [1.54, 1.807) is 0 Å². The zero-order valence-electron chi connectivity index (χ0n) is 19.9. The summed E-state index contributed by atoms with van der Waals surface area (Å²) in [6, 6.07) is 0.427. The second kappa shape index (κ2) is 11.0. The molecule has 1 aliphatic carbocycles. The number of fused-ring (bicyclic) bond motifs is 1. The van der Waals surface area contributed by atoms with Crippen LogP contribution < -0.4 is 0 Å². The fourth-order valence-electron chi connectivity index (χ4n) is 5.50. The lowest BCUT2D eigenvalue weighted by Crippen LogP contribution is -2.50. The van der Waals surface area contributed by atoms with Crippen LogP contribution in [0.5, 0.6) is 0 Å². The Kier molecular flexibility index (Phi) is 8.65. The van der Waals surface area contributed by atoms with Crippen LogP contribution in [0.3, 0.4) is 0 Å². The first-order chi connectivity index (χ1) is 14.8. The number of aliphatic hydroxyl groups is 2. The van der Waals surface area contributed by atoms with E-state index in [1.165, 1.54) is 24.0 Å². The van der Waals surface area contributed by atoms with Gasteiger partial charge in [0.15, 0.2) is 0 Å². The SMILES string of the molecule is C=C(CC/C(=C\C)OC(C)C)CC1=CN([C@H]2C[C@@H](O)C[C@@H](CO)O2)C2C[C@@H](C)CC[C@@H]12. The molecule has 0 aromatic rings. The fourth-order valence-corrected chi connectivity index (χ4v) is 5.50. The Labute approximate surface area is 188 Å². The summed E-state index contributed by atoms with van der Waals surface area (Å²) < 4.78 is 12.1. The second-order valence-electron chi connectivity index (χ2n) is 10.1. The fraction of sp³-hybridized carbons (Fsp3) is 0.769. The number of hydrogen-bond donors (Lipinski definition) is 2. The molecular weight excluding hydrogens is 390 g/mol. The number of ether oxygens (including phenoxy) is 2. The molecule has 2 aliphatic heterocycles. The first-order valence-corrected chi connectivity index (χ1v) is 12.2. The molecule has 0 spiro atoms. The maximum absolute atomic E-state index is 10.3. The van der Waals surface area contributed by atoms with E-state index < -0.39 is 6.10 Å². The second-order valence-corrected chi connectivity index (χ2v) is 10.1. The van der Waals surface area contributed by atoms with E-state index in [0.29, 0.717) is 30.7 Å². The quantitative estimate of drug-likeness (QED) is 0.400. The van der Waals surface area contributed by atoms with Gasteiger partial charge in [0.2, 0.25) is 0 Å². The average Bonchev–Trinajstić information content (AvgIpc) is 3.07. The molecule has 5 heteroatoms. The summed E-state index contributed by atoms with van der Waals surface area (Å²) in [6.07, 6.45) is 11.2. The van der Waals surface area contributed by atoms with Crippen molar-refractivity contribution in [2.75, 3.05) is 6.61 Å². The number of rotatable bonds is 9. The summed E-state index contributed by atoms with van der Waals surface area (Å²) in [5.74, 6) is 2.28. The molecule has 2 fully saturated rings. The molecule has 5 nitrogen and oxygen atoms in total. The van der Waals surface area contributed by atoms with Gasteiger partial charge in [-0.1, -0.05) is 19.1 Å². The van der Waals surface area contributed by atoms with Crippen LogP contribution in [0.25, 0.3) is 0 Å². The topological polar surface area (TPSA) is 62.2 Å². The van der Waals surface area contributed by atoms with Gasteiger partial charge in [0.1, 0.15) is 6.23 Å². The predicted octanol–water partition coefficient (Wildman–Crippen LogP) is 4.90. The third-order valence-electron chi connectivity index (χ3n) is 7.04. The van der Waals surface area contributed by atoms with Crippen LogP contribution >= 0.6 is 0 Å². The highest BCUT2D eigenvalue weighted by Gasteiger charge is 2.43. The molecule has 0 amide bonds. The van der Waals surface area contributed by atoms with Gasteiger partial charge in [-0.2, -0.15) is 0 Å². The molecule has 31 heavy (non-hydrogen) atoms. The molecule has 1 unspecified atom stereocenters. The molecule has 176 valence electrons. The maximum Gasteiger partial charge on any atom is 0.132 e. The van der Waals surface area contributed by atoms with E-state index in [0.717, 1.165) is 31.4 Å². The molecule has 6 atom stereocenters. The van der Waals surface area contributed by atoms with Crippen LogP contribution in [0.15, 0.2) is 35.8 Å². The van der Waals surface area contributed by atoms with E-state index in [1.807, 2.05) is 6.92 Å². The molecule has 1 saturated carbocycles. The summed E-state index contributed by atoms with van der Waals surface area (Å²) in [7, 11) is 0. The van der Waals surface area contributed by atoms with Gasteiger partial charge in [-0.3, -0.25) is 0 Å². The van der Waals surface area contributed by atoms with Gasteiger partial charge in [0, 0.05) is 37.4 Å². The van der Waals surface area contributed by atoms with Crippen molar-refractivity contribution >= 4 is 0 Å². The zero-order valence-corrected chi connectivity index (χ0v) is 19.9. The van der Waals surface area contributed by atoms with Crippen molar-refractivity contribution < 1.29 is 19.7 Å². The highest BCUT2D eigenvalue weighted by Crippen LogP contribution is 2.45. The lowest BCUT2D eigenvalue weighted by Gasteiger charge is -2.44. The molecular formula is C26H43NO4. The van der Waals surface area contributed by atoms with Gasteiger partial charge < -0.3 is 24.6 Å². The highest BCUT2D eigenvalue weighted by atomic mass is 16.5. The van der Waals surface area contributed by atoms with Crippen LogP contribution in [0.2, 0.25) is 0 Å². The average molecular weight is 434 g/mol. The van der Waals surface area contributed by atoms with Crippen molar-refractivity contribution in [2.24, 2.45) is 11.8 Å². The third-order valence-corrected chi connectivity index (χ3v) is 7.04. The molecule has 1 saturated heterocycles.